The lowest BCUT2D eigenvalue weighted by molar-refractivity contribution is -0.112. The Morgan fingerprint density at radius 2 is 1.80 bits per heavy atom. The summed E-state index contributed by atoms with van der Waals surface area (Å²) in [4.78, 5) is 11.9. The summed E-state index contributed by atoms with van der Waals surface area (Å²) in [6.45, 7) is 1.63. The lowest BCUT2D eigenvalue weighted by atomic mass is 10.1. The molecular weight excluding hydrogens is 260 g/mol. The summed E-state index contributed by atoms with van der Waals surface area (Å²) in [7, 11) is 0. The van der Waals surface area contributed by atoms with Gasteiger partial charge in [0.15, 0.2) is 0 Å². The lowest BCUT2D eigenvalue weighted by Crippen LogP contribution is -2.13. The van der Waals surface area contributed by atoms with Crippen LogP contribution in [0.15, 0.2) is 54.1 Å². The van der Waals surface area contributed by atoms with Crippen molar-refractivity contribution in [3.05, 3.63) is 71.3 Å². The van der Waals surface area contributed by atoms with Gasteiger partial charge in [-0.05, 0) is 30.7 Å². The number of amides is 1. The van der Waals surface area contributed by atoms with Crippen LogP contribution in [0.2, 0.25) is 0 Å². The maximum absolute atomic E-state index is 13.4. The normalized spacial score (nSPS) is 11.2. The zero-order valence-corrected chi connectivity index (χ0v) is 10.9. The topological polar surface area (TPSA) is 29.1 Å². The van der Waals surface area contributed by atoms with E-state index in [0.29, 0.717) is 5.57 Å². The summed E-state index contributed by atoms with van der Waals surface area (Å²) in [5, 5.41) is 2.41. The summed E-state index contributed by atoms with van der Waals surface area (Å²) >= 11 is 0. The van der Waals surface area contributed by atoms with Crippen LogP contribution in [0.5, 0.6) is 0 Å². The first-order valence-corrected chi connectivity index (χ1v) is 6.06. The van der Waals surface area contributed by atoms with Gasteiger partial charge in [-0.25, -0.2) is 8.78 Å². The third-order valence-electron chi connectivity index (χ3n) is 2.72. The Morgan fingerprint density at radius 3 is 2.45 bits per heavy atom. The molecule has 0 radical (unpaired) electrons. The standard InChI is InChI=1S/C16H13F2NO/c1-11(9-12-5-3-2-4-6-12)16(20)19-15-8-7-13(17)10-14(15)18/h2-10H,1H3,(H,19,20)/b11-9-. The van der Waals surface area contributed by atoms with Gasteiger partial charge in [-0.2, -0.15) is 0 Å². The molecule has 0 fully saturated rings. The molecule has 0 saturated carbocycles. The molecular formula is C16H13F2NO. The van der Waals surface area contributed by atoms with Crippen molar-refractivity contribution in [2.24, 2.45) is 0 Å². The highest BCUT2D eigenvalue weighted by molar-refractivity contribution is 6.06. The number of hydrogen-bond acceptors (Lipinski definition) is 1. The van der Waals surface area contributed by atoms with E-state index in [9.17, 15) is 13.6 Å². The number of carbonyl (C=O) groups excluding carboxylic acids is 1. The zero-order chi connectivity index (χ0) is 14.5. The van der Waals surface area contributed by atoms with Gasteiger partial charge in [0.05, 0.1) is 5.69 Å². The van der Waals surface area contributed by atoms with Crippen LogP contribution in [-0.2, 0) is 4.79 Å². The van der Waals surface area contributed by atoms with Gasteiger partial charge >= 0.3 is 0 Å². The van der Waals surface area contributed by atoms with Crippen molar-refractivity contribution in [3.63, 3.8) is 0 Å². The molecule has 0 saturated heterocycles. The van der Waals surface area contributed by atoms with Crippen LogP contribution >= 0.6 is 0 Å². The van der Waals surface area contributed by atoms with E-state index in [1.165, 1.54) is 6.07 Å². The summed E-state index contributed by atoms with van der Waals surface area (Å²) in [5.74, 6) is -1.91. The average Bonchev–Trinajstić information content (AvgIpc) is 2.43. The number of benzene rings is 2. The van der Waals surface area contributed by atoms with Gasteiger partial charge in [0.25, 0.3) is 5.91 Å². The first kappa shape index (κ1) is 13.9. The first-order chi connectivity index (χ1) is 9.56. The van der Waals surface area contributed by atoms with E-state index >= 15 is 0 Å². The maximum Gasteiger partial charge on any atom is 0.251 e. The van der Waals surface area contributed by atoms with Crippen LogP contribution in [-0.4, -0.2) is 5.91 Å². The molecule has 0 aliphatic heterocycles. The number of halogens is 2. The van der Waals surface area contributed by atoms with Gasteiger partial charge in [0.1, 0.15) is 11.6 Å². The number of anilines is 1. The Labute approximate surface area is 115 Å². The monoisotopic (exact) mass is 273 g/mol. The maximum atomic E-state index is 13.4. The third-order valence-corrected chi connectivity index (χ3v) is 2.72. The van der Waals surface area contributed by atoms with Crippen LogP contribution in [0.3, 0.4) is 0 Å². The van der Waals surface area contributed by atoms with Gasteiger partial charge in [0.2, 0.25) is 0 Å². The van der Waals surface area contributed by atoms with Gasteiger partial charge in [0, 0.05) is 11.6 Å². The van der Waals surface area contributed by atoms with E-state index in [0.717, 1.165) is 17.7 Å². The smallest absolute Gasteiger partial charge is 0.251 e. The third kappa shape index (κ3) is 3.51. The number of carbonyl (C=O) groups is 1. The molecule has 0 atom stereocenters. The number of rotatable bonds is 3. The highest BCUT2D eigenvalue weighted by Crippen LogP contribution is 2.16. The summed E-state index contributed by atoms with van der Waals surface area (Å²) < 4.78 is 26.2. The quantitative estimate of drug-likeness (QED) is 0.841. The van der Waals surface area contributed by atoms with Gasteiger partial charge in [-0.15, -0.1) is 0 Å². The molecule has 0 spiro atoms. The minimum atomic E-state index is -0.800. The second kappa shape index (κ2) is 6.10. The molecule has 2 aromatic carbocycles. The largest absolute Gasteiger partial charge is 0.320 e. The Kier molecular flexibility index (Phi) is 4.25. The van der Waals surface area contributed by atoms with E-state index in [1.54, 1.807) is 13.0 Å². The highest BCUT2D eigenvalue weighted by atomic mass is 19.1. The fraction of sp³-hybridized carbons (Fsp3) is 0.0625. The predicted octanol–water partition coefficient (Wildman–Crippen LogP) is 4.01. The van der Waals surface area contributed by atoms with Gasteiger partial charge < -0.3 is 5.32 Å². The second-order valence-electron chi connectivity index (χ2n) is 4.32. The molecule has 0 unspecified atom stereocenters. The number of nitrogens with one attached hydrogen (secondary N) is 1. The molecule has 0 bridgehead atoms. The molecule has 0 heterocycles. The van der Waals surface area contributed by atoms with Crippen LogP contribution in [0.25, 0.3) is 6.08 Å². The molecule has 20 heavy (non-hydrogen) atoms. The minimum absolute atomic E-state index is 0.0442. The van der Waals surface area contributed by atoms with Crippen molar-refractivity contribution in [1.29, 1.82) is 0 Å². The fourth-order valence-electron chi connectivity index (χ4n) is 1.68. The van der Waals surface area contributed by atoms with Gasteiger partial charge in [-0.1, -0.05) is 30.3 Å². The molecule has 0 aliphatic carbocycles. The molecule has 1 amide bonds. The van der Waals surface area contributed by atoms with Crippen molar-refractivity contribution < 1.29 is 13.6 Å². The molecule has 2 nitrogen and oxygen atoms in total. The van der Waals surface area contributed by atoms with E-state index in [-0.39, 0.29) is 5.69 Å². The summed E-state index contributed by atoms with van der Waals surface area (Å²) in [5.41, 5.74) is 1.26. The van der Waals surface area contributed by atoms with Gasteiger partial charge in [-0.3, -0.25) is 4.79 Å². The minimum Gasteiger partial charge on any atom is -0.320 e. The van der Waals surface area contributed by atoms with Crippen molar-refractivity contribution in [1.82, 2.24) is 0 Å². The predicted molar refractivity (Wildman–Crippen MR) is 75.1 cm³/mol. The molecule has 0 aromatic heterocycles. The molecule has 102 valence electrons. The SMILES string of the molecule is C/C(=C/c1ccccc1)C(=O)Nc1ccc(F)cc1F. The highest BCUT2D eigenvalue weighted by Gasteiger charge is 2.09. The Hall–Kier alpha value is -2.49. The van der Waals surface area contributed by atoms with Crippen molar-refractivity contribution in [2.45, 2.75) is 6.92 Å². The van der Waals surface area contributed by atoms with E-state index < -0.39 is 17.5 Å². The zero-order valence-electron chi connectivity index (χ0n) is 10.9. The van der Waals surface area contributed by atoms with Crippen molar-refractivity contribution >= 4 is 17.7 Å². The Bertz CT molecular complexity index is 651. The lowest BCUT2D eigenvalue weighted by Gasteiger charge is -2.06. The summed E-state index contributed by atoms with van der Waals surface area (Å²) in [6, 6.07) is 12.3. The van der Waals surface area contributed by atoms with Crippen molar-refractivity contribution in [3.8, 4) is 0 Å². The Morgan fingerprint density at radius 1 is 1.10 bits per heavy atom. The molecule has 2 aromatic rings. The van der Waals surface area contributed by atoms with E-state index in [2.05, 4.69) is 5.32 Å². The molecule has 1 N–H and O–H groups in total. The van der Waals surface area contributed by atoms with E-state index in [1.807, 2.05) is 30.3 Å². The Balaban J connectivity index is 2.14. The van der Waals surface area contributed by atoms with Crippen molar-refractivity contribution in [2.75, 3.05) is 5.32 Å². The van der Waals surface area contributed by atoms with E-state index in [4.69, 9.17) is 0 Å². The molecule has 0 aliphatic rings. The second-order valence-corrected chi connectivity index (χ2v) is 4.32. The summed E-state index contributed by atoms with van der Waals surface area (Å²) in [6.07, 6.45) is 1.69. The van der Waals surface area contributed by atoms with Crippen LogP contribution in [0, 0.1) is 11.6 Å². The van der Waals surface area contributed by atoms with Crippen LogP contribution in [0.1, 0.15) is 12.5 Å². The number of hydrogen-bond donors (Lipinski definition) is 1. The average molecular weight is 273 g/mol. The van der Waals surface area contributed by atoms with Crippen LogP contribution < -0.4 is 5.32 Å². The molecule has 4 heteroatoms. The first-order valence-electron chi connectivity index (χ1n) is 6.06. The fourth-order valence-corrected chi connectivity index (χ4v) is 1.68. The molecule has 2 rings (SSSR count). The van der Waals surface area contributed by atoms with Crippen LogP contribution in [0.4, 0.5) is 14.5 Å².